The fourth-order valence-corrected chi connectivity index (χ4v) is 1.07. The van der Waals surface area contributed by atoms with Gasteiger partial charge in [-0.1, -0.05) is 43.0 Å². The van der Waals surface area contributed by atoms with Crippen LogP contribution in [-0.2, 0) is 9.53 Å². The maximum atomic E-state index is 11.4. The number of esters is 1. The van der Waals surface area contributed by atoms with Crippen LogP contribution in [-0.4, -0.2) is 12.6 Å². The van der Waals surface area contributed by atoms with Gasteiger partial charge in [-0.2, -0.15) is 5.26 Å². The van der Waals surface area contributed by atoms with Gasteiger partial charge in [0.15, 0.2) is 0 Å². The minimum atomic E-state index is -0.633. The van der Waals surface area contributed by atoms with Crippen LogP contribution in [0.3, 0.4) is 0 Å². The average molecular weight is 213 g/mol. The lowest BCUT2D eigenvalue weighted by Gasteiger charge is -1.99. The third kappa shape index (κ3) is 3.43. The third-order valence-electron chi connectivity index (χ3n) is 1.78. The number of carbonyl (C=O) groups excluding carboxylic acids is 1. The Morgan fingerprint density at radius 1 is 1.44 bits per heavy atom. The molecule has 0 amide bonds. The maximum Gasteiger partial charge on any atom is 0.349 e. The topological polar surface area (TPSA) is 50.1 Å². The molecule has 1 aromatic rings. The van der Waals surface area contributed by atoms with E-state index in [-0.39, 0.29) is 12.2 Å². The van der Waals surface area contributed by atoms with E-state index in [1.54, 1.807) is 12.1 Å². The molecule has 0 spiro atoms. The highest BCUT2D eigenvalue weighted by atomic mass is 16.5. The van der Waals surface area contributed by atoms with Gasteiger partial charge >= 0.3 is 5.97 Å². The van der Waals surface area contributed by atoms with Gasteiger partial charge in [-0.15, -0.1) is 0 Å². The number of hydrogen-bond donors (Lipinski definition) is 0. The molecule has 0 unspecified atom stereocenters. The molecule has 0 radical (unpaired) electrons. The lowest BCUT2D eigenvalue weighted by Crippen LogP contribution is -2.06. The zero-order chi connectivity index (χ0) is 11.8. The van der Waals surface area contributed by atoms with Gasteiger partial charge in [-0.05, 0) is 11.6 Å². The van der Waals surface area contributed by atoms with E-state index in [0.717, 1.165) is 5.56 Å². The van der Waals surface area contributed by atoms with Crippen molar-refractivity contribution in [3.8, 4) is 6.07 Å². The Labute approximate surface area is 94.3 Å². The van der Waals surface area contributed by atoms with E-state index in [1.807, 2.05) is 24.3 Å². The molecule has 0 bridgehead atoms. The summed E-state index contributed by atoms with van der Waals surface area (Å²) in [5.74, 6) is -0.633. The van der Waals surface area contributed by atoms with Crippen molar-refractivity contribution >= 4 is 12.0 Å². The summed E-state index contributed by atoms with van der Waals surface area (Å²) >= 11 is 0. The standard InChI is InChI=1S/C13H11NO2/c1-2-8-16-13(15)12(10-14)9-11-6-4-3-5-7-11/h2-7,9H,1,8H2. The van der Waals surface area contributed by atoms with Gasteiger partial charge in [0.2, 0.25) is 0 Å². The van der Waals surface area contributed by atoms with Crippen LogP contribution in [0, 0.1) is 11.3 Å². The van der Waals surface area contributed by atoms with Gasteiger partial charge < -0.3 is 4.74 Å². The largest absolute Gasteiger partial charge is 0.457 e. The molecule has 16 heavy (non-hydrogen) atoms. The van der Waals surface area contributed by atoms with Crippen LogP contribution >= 0.6 is 0 Å². The number of ether oxygens (including phenoxy) is 1. The third-order valence-corrected chi connectivity index (χ3v) is 1.78. The first-order valence-electron chi connectivity index (χ1n) is 4.73. The average Bonchev–Trinajstić information content (AvgIpc) is 2.34. The van der Waals surface area contributed by atoms with Crippen LogP contribution in [0.25, 0.3) is 6.08 Å². The molecule has 0 atom stereocenters. The lowest BCUT2D eigenvalue weighted by molar-refractivity contribution is -0.137. The van der Waals surface area contributed by atoms with Crippen LogP contribution in [0.4, 0.5) is 0 Å². The summed E-state index contributed by atoms with van der Waals surface area (Å²) in [4.78, 5) is 11.4. The van der Waals surface area contributed by atoms with Crippen molar-refractivity contribution < 1.29 is 9.53 Å². The van der Waals surface area contributed by atoms with Gasteiger partial charge in [0.25, 0.3) is 0 Å². The summed E-state index contributed by atoms with van der Waals surface area (Å²) in [7, 11) is 0. The van der Waals surface area contributed by atoms with E-state index in [2.05, 4.69) is 6.58 Å². The number of nitriles is 1. The highest BCUT2D eigenvalue weighted by Gasteiger charge is 2.09. The molecule has 0 aromatic heterocycles. The molecule has 0 N–H and O–H groups in total. The van der Waals surface area contributed by atoms with Gasteiger partial charge in [-0.25, -0.2) is 4.79 Å². The van der Waals surface area contributed by atoms with Crippen molar-refractivity contribution in [1.82, 2.24) is 0 Å². The molecule has 0 aliphatic heterocycles. The number of hydrogen-bond acceptors (Lipinski definition) is 3. The normalized spacial score (nSPS) is 10.3. The number of nitrogens with zero attached hydrogens (tertiary/aromatic N) is 1. The van der Waals surface area contributed by atoms with E-state index in [0.29, 0.717) is 0 Å². The quantitative estimate of drug-likeness (QED) is 0.334. The van der Waals surface area contributed by atoms with E-state index < -0.39 is 5.97 Å². The van der Waals surface area contributed by atoms with Crippen LogP contribution in [0.1, 0.15) is 5.56 Å². The molecular formula is C13H11NO2. The van der Waals surface area contributed by atoms with Gasteiger partial charge in [-0.3, -0.25) is 0 Å². The first-order chi connectivity index (χ1) is 7.77. The molecule has 0 fully saturated rings. The number of carbonyl (C=O) groups is 1. The predicted octanol–water partition coefficient (Wildman–Crippen LogP) is 2.32. The molecule has 3 heteroatoms. The minimum Gasteiger partial charge on any atom is -0.457 e. The second kappa shape index (κ2) is 6.20. The molecule has 0 saturated heterocycles. The maximum absolute atomic E-state index is 11.4. The smallest absolute Gasteiger partial charge is 0.349 e. The van der Waals surface area contributed by atoms with Crippen LogP contribution in [0.5, 0.6) is 0 Å². The fraction of sp³-hybridized carbons (Fsp3) is 0.0769. The van der Waals surface area contributed by atoms with Crippen LogP contribution in [0.15, 0.2) is 48.6 Å². The first-order valence-corrected chi connectivity index (χ1v) is 4.73. The minimum absolute atomic E-state index is 0.0203. The summed E-state index contributed by atoms with van der Waals surface area (Å²) in [6.45, 7) is 3.53. The van der Waals surface area contributed by atoms with E-state index in [9.17, 15) is 4.79 Å². The number of benzene rings is 1. The van der Waals surface area contributed by atoms with E-state index in [4.69, 9.17) is 10.00 Å². The number of rotatable bonds is 4. The predicted molar refractivity (Wildman–Crippen MR) is 61.2 cm³/mol. The van der Waals surface area contributed by atoms with Crippen molar-refractivity contribution in [2.45, 2.75) is 0 Å². The molecule has 0 aliphatic rings. The second-order valence-corrected chi connectivity index (χ2v) is 2.97. The zero-order valence-electron chi connectivity index (χ0n) is 8.72. The summed E-state index contributed by atoms with van der Waals surface area (Å²) in [5.41, 5.74) is 0.766. The Hall–Kier alpha value is -2.34. The lowest BCUT2D eigenvalue weighted by atomic mass is 10.1. The van der Waals surface area contributed by atoms with E-state index in [1.165, 1.54) is 12.2 Å². The molecule has 0 saturated carbocycles. The van der Waals surface area contributed by atoms with Gasteiger partial charge in [0.1, 0.15) is 18.2 Å². The summed E-state index contributed by atoms with van der Waals surface area (Å²) < 4.78 is 4.77. The molecular weight excluding hydrogens is 202 g/mol. The summed E-state index contributed by atoms with van der Waals surface area (Å²) in [6.07, 6.45) is 2.95. The van der Waals surface area contributed by atoms with Crippen molar-refractivity contribution in [2.75, 3.05) is 6.61 Å². The van der Waals surface area contributed by atoms with Crippen molar-refractivity contribution in [3.63, 3.8) is 0 Å². The fourth-order valence-electron chi connectivity index (χ4n) is 1.07. The Bertz CT molecular complexity index is 441. The Morgan fingerprint density at radius 3 is 2.69 bits per heavy atom. The monoisotopic (exact) mass is 213 g/mol. The van der Waals surface area contributed by atoms with Crippen molar-refractivity contribution in [3.05, 3.63) is 54.1 Å². The highest BCUT2D eigenvalue weighted by molar-refractivity contribution is 5.97. The van der Waals surface area contributed by atoms with Crippen LogP contribution in [0.2, 0.25) is 0 Å². The Kier molecular flexibility index (Phi) is 4.55. The molecule has 0 aliphatic carbocycles. The first kappa shape index (κ1) is 11.7. The molecule has 1 aromatic carbocycles. The molecule has 1 rings (SSSR count). The van der Waals surface area contributed by atoms with Gasteiger partial charge in [0.05, 0.1) is 0 Å². The Morgan fingerprint density at radius 2 is 2.12 bits per heavy atom. The molecule has 3 nitrogen and oxygen atoms in total. The van der Waals surface area contributed by atoms with E-state index >= 15 is 0 Å². The van der Waals surface area contributed by atoms with Gasteiger partial charge in [0, 0.05) is 0 Å². The zero-order valence-corrected chi connectivity index (χ0v) is 8.72. The van der Waals surface area contributed by atoms with Crippen molar-refractivity contribution in [1.29, 1.82) is 5.26 Å². The van der Waals surface area contributed by atoms with Crippen molar-refractivity contribution in [2.24, 2.45) is 0 Å². The Balaban J connectivity index is 2.83. The summed E-state index contributed by atoms with van der Waals surface area (Å²) in [5, 5.41) is 8.81. The molecule has 0 heterocycles. The van der Waals surface area contributed by atoms with Crippen LogP contribution < -0.4 is 0 Å². The SMILES string of the molecule is C=CCOC(=O)C(C#N)=Cc1ccccc1. The molecule has 80 valence electrons. The summed E-state index contributed by atoms with van der Waals surface area (Å²) in [6, 6.07) is 10.9. The second-order valence-electron chi connectivity index (χ2n) is 2.97. The highest BCUT2D eigenvalue weighted by Crippen LogP contribution is 2.07.